The fraction of sp³-hybridized carbons (Fsp3) is 0.250. The van der Waals surface area contributed by atoms with Gasteiger partial charge in [0, 0.05) is 4.47 Å². The lowest BCUT2D eigenvalue weighted by Crippen LogP contribution is -2.39. The molecule has 1 aromatic carbocycles. The number of hydrogen-bond acceptors (Lipinski definition) is 3. The first-order chi connectivity index (χ1) is 9.32. The van der Waals surface area contributed by atoms with Crippen molar-refractivity contribution in [1.29, 1.82) is 0 Å². The monoisotopic (exact) mass is 346 g/mol. The fourth-order valence-corrected chi connectivity index (χ4v) is 1.75. The minimum absolute atomic E-state index is 0.162. The van der Waals surface area contributed by atoms with Crippen molar-refractivity contribution in [3.8, 4) is 0 Å². The summed E-state index contributed by atoms with van der Waals surface area (Å²) in [6, 6.07) is 2.61. The number of carbonyl (C=O) groups is 3. The number of nitrogens with one attached hydrogen (secondary N) is 2. The average molecular weight is 347 g/mol. The van der Waals surface area contributed by atoms with Crippen molar-refractivity contribution in [2.45, 2.75) is 6.92 Å². The molecule has 0 aliphatic heterocycles. The lowest BCUT2D eigenvalue weighted by Gasteiger charge is -2.10. The van der Waals surface area contributed by atoms with Crippen LogP contribution in [0.4, 0.5) is 4.39 Å². The van der Waals surface area contributed by atoms with E-state index in [4.69, 9.17) is 5.11 Å². The number of carbonyl (C=O) groups excluding carboxylic acids is 2. The number of rotatable bonds is 5. The van der Waals surface area contributed by atoms with Gasteiger partial charge in [0.2, 0.25) is 5.91 Å². The van der Waals surface area contributed by atoms with Gasteiger partial charge in [0.15, 0.2) is 0 Å². The number of aliphatic carboxylic acids is 1. The van der Waals surface area contributed by atoms with Gasteiger partial charge in [-0.25, -0.2) is 4.39 Å². The normalized spacial score (nSPS) is 9.95. The Labute approximate surface area is 122 Å². The molecule has 2 amide bonds. The van der Waals surface area contributed by atoms with Crippen LogP contribution in [0, 0.1) is 12.7 Å². The van der Waals surface area contributed by atoms with Gasteiger partial charge in [0.25, 0.3) is 5.91 Å². The topological polar surface area (TPSA) is 95.5 Å². The molecule has 0 fully saturated rings. The molecule has 3 N–H and O–H groups in total. The Morgan fingerprint density at radius 1 is 1.25 bits per heavy atom. The lowest BCUT2D eigenvalue weighted by atomic mass is 10.1. The van der Waals surface area contributed by atoms with E-state index in [1.165, 1.54) is 6.07 Å². The first-order valence-electron chi connectivity index (χ1n) is 5.54. The quantitative estimate of drug-likeness (QED) is 0.735. The molecule has 108 valence electrons. The van der Waals surface area contributed by atoms with E-state index in [0.29, 0.717) is 10.0 Å². The molecule has 0 saturated carbocycles. The number of halogens is 2. The summed E-state index contributed by atoms with van der Waals surface area (Å²) in [4.78, 5) is 33.3. The van der Waals surface area contributed by atoms with Crippen molar-refractivity contribution in [1.82, 2.24) is 10.6 Å². The highest BCUT2D eigenvalue weighted by molar-refractivity contribution is 9.10. The van der Waals surface area contributed by atoms with Crippen molar-refractivity contribution in [3.63, 3.8) is 0 Å². The van der Waals surface area contributed by atoms with Gasteiger partial charge in [-0.05, 0) is 24.6 Å². The molecule has 0 aliphatic rings. The fourth-order valence-electron chi connectivity index (χ4n) is 1.42. The number of benzene rings is 1. The maximum absolute atomic E-state index is 13.6. The highest BCUT2D eigenvalue weighted by atomic mass is 79.9. The van der Waals surface area contributed by atoms with Gasteiger partial charge in [-0.2, -0.15) is 0 Å². The van der Waals surface area contributed by atoms with Gasteiger partial charge in [0.05, 0.1) is 12.1 Å². The highest BCUT2D eigenvalue weighted by Crippen LogP contribution is 2.22. The summed E-state index contributed by atoms with van der Waals surface area (Å²) >= 11 is 3.18. The maximum Gasteiger partial charge on any atom is 0.322 e. The zero-order chi connectivity index (χ0) is 15.3. The molecule has 0 atom stereocenters. The molecule has 1 aromatic rings. The Bertz CT molecular complexity index is 563. The van der Waals surface area contributed by atoms with E-state index in [2.05, 4.69) is 26.6 Å². The number of amides is 2. The Morgan fingerprint density at radius 3 is 2.50 bits per heavy atom. The van der Waals surface area contributed by atoms with Gasteiger partial charge >= 0.3 is 5.97 Å². The molecular formula is C12H12BrFN2O4. The van der Waals surface area contributed by atoms with E-state index in [-0.39, 0.29) is 5.56 Å². The molecular weight excluding hydrogens is 335 g/mol. The van der Waals surface area contributed by atoms with Gasteiger partial charge in [-0.1, -0.05) is 15.9 Å². The molecule has 0 heterocycles. The standard InChI is InChI=1S/C12H12BrFN2O4/c1-6-7(13)2-3-8(14)11(6)12(20)16-4-9(17)15-5-10(18)19/h2-3H,4-5H2,1H3,(H,15,17)(H,16,20)(H,18,19). The molecule has 0 radical (unpaired) electrons. The molecule has 0 bridgehead atoms. The number of carboxylic acids is 1. The lowest BCUT2D eigenvalue weighted by molar-refractivity contribution is -0.137. The van der Waals surface area contributed by atoms with Gasteiger partial charge < -0.3 is 15.7 Å². The second-order valence-corrected chi connectivity index (χ2v) is 4.74. The zero-order valence-electron chi connectivity index (χ0n) is 10.5. The molecule has 6 nitrogen and oxygen atoms in total. The minimum atomic E-state index is -1.20. The Morgan fingerprint density at radius 2 is 1.90 bits per heavy atom. The smallest absolute Gasteiger partial charge is 0.322 e. The van der Waals surface area contributed by atoms with E-state index >= 15 is 0 Å². The molecule has 20 heavy (non-hydrogen) atoms. The predicted octanol–water partition coefficient (Wildman–Crippen LogP) is 0.827. The van der Waals surface area contributed by atoms with E-state index < -0.39 is 36.7 Å². The van der Waals surface area contributed by atoms with Crippen LogP contribution in [0.1, 0.15) is 15.9 Å². The van der Waals surface area contributed by atoms with Crippen molar-refractivity contribution < 1.29 is 23.9 Å². The zero-order valence-corrected chi connectivity index (χ0v) is 12.1. The summed E-state index contributed by atoms with van der Waals surface area (Å²) < 4.78 is 14.2. The second-order valence-electron chi connectivity index (χ2n) is 3.88. The molecule has 0 unspecified atom stereocenters. The van der Waals surface area contributed by atoms with Gasteiger partial charge in [0.1, 0.15) is 12.4 Å². The Hall–Kier alpha value is -1.96. The summed E-state index contributed by atoms with van der Waals surface area (Å²) in [7, 11) is 0. The van der Waals surface area contributed by atoms with Crippen LogP contribution in [0.5, 0.6) is 0 Å². The third-order valence-electron chi connectivity index (χ3n) is 2.42. The molecule has 0 spiro atoms. The van der Waals surface area contributed by atoms with E-state index in [9.17, 15) is 18.8 Å². The minimum Gasteiger partial charge on any atom is -0.480 e. The van der Waals surface area contributed by atoms with Crippen molar-refractivity contribution in [2.75, 3.05) is 13.1 Å². The van der Waals surface area contributed by atoms with Crippen molar-refractivity contribution in [2.24, 2.45) is 0 Å². The number of carboxylic acid groups (broad SMARTS) is 1. The summed E-state index contributed by atoms with van der Waals surface area (Å²) in [5.41, 5.74) is 0.249. The van der Waals surface area contributed by atoms with Gasteiger partial charge in [-0.15, -0.1) is 0 Å². The molecule has 1 rings (SSSR count). The van der Waals surface area contributed by atoms with E-state index in [1.54, 1.807) is 6.92 Å². The van der Waals surface area contributed by atoms with Crippen LogP contribution in [0.15, 0.2) is 16.6 Å². The van der Waals surface area contributed by atoms with Crippen LogP contribution < -0.4 is 10.6 Å². The maximum atomic E-state index is 13.6. The van der Waals surface area contributed by atoms with Crippen molar-refractivity contribution in [3.05, 3.63) is 33.5 Å². The van der Waals surface area contributed by atoms with Crippen LogP contribution in [-0.4, -0.2) is 36.0 Å². The molecule has 8 heteroatoms. The highest BCUT2D eigenvalue weighted by Gasteiger charge is 2.17. The summed E-state index contributed by atoms with van der Waals surface area (Å²) in [6.45, 7) is 0.586. The first kappa shape index (κ1) is 16.1. The van der Waals surface area contributed by atoms with Crippen molar-refractivity contribution >= 4 is 33.7 Å². The molecule has 0 aliphatic carbocycles. The van der Waals surface area contributed by atoms with Crippen LogP contribution in [0.2, 0.25) is 0 Å². The predicted molar refractivity (Wildman–Crippen MR) is 71.8 cm³/mol. The number of hydrogen-bond donors (Lipinski definition) is 3. The molecule has 0 aromatic heterocycles. The van der Waals surface area contributed by atoms with Crippen LogP contribution in [-0.2, 0) is 9.59 Å². The SMILES string of the molecule is Cc1c(Br)ccc(F)c1C(=O)NCC(=O)NCC(=O)O. The average Bonchev–Trinajstić information content (AvgIpc) is 2.38. The van der Waals surface area contributed by atoms with Gasteiger partial charge in [-0.3, -0.25) is 14.4 Å². The third kappa shape index (κ3) is 4.30. The van der Waals surface area contributed by atoms with Crippen LogP contribution in [0.25, 0.3) is 0 Å². The summed E-state index contributed by atoms with van der Waals surface area (Å²) in [5, 5.41) is 12.7. The van der Waals surface area contributed by atoms with Crippen LogP contribution in [0.3, 0.4) is 0 Å². The Balaban J connectivity index is 2.66. The summed E-state index contributed by atoms with van der Waals surface area (Å²) in [5.74, 6) is -3.31. The third-order valence-corrected chi connectivity index (χ3v) is 3.28. The largest absolute Gasteiger partial charge is 0.480 e. The van der Waals surface area contributed by atoms with E-state index in [1.807, 2.05) is 0 Å². The van der Waals surface area contributed by atoms with E-state index in [0.717, 1.165) is 6.07 Å². The Kier molecular flexibility index (Phi) is 5.63. The summed E-state index contributed by atoms with van der Waals surface area (Å²) in [6.07, 6.45) is 0. The van der Waals surface area contributed by atoms with Crippen LogP contribution >= 0.6 is 15.9 Å². The molecule has 0 saturated heterocycles. The first-order valence-corrected chi connectivity index (χ1v) is 6.33. The second kappa shape index (κ2) is 6.99.